The lowest BCUT2D eigenvalue weighted by Gasteiger charge is -2.14. The van der Waals surface area contributed by atoms with Crippen molar-refractivity contribution in [3.05, 3.63) is 47.5 Å². The molecule has 2 aromatic rings. The first-order valence-electron chi connectivity index (χ1n) is 6.87. The number of ether oxygens (including phenoxy) is 1. The van der Waals surface area contributed by atoms with Gasteiger partial charge in [-0.2, -0.15) is 8.42 Å². The summed E-state index contributed by atoms with van der Waals surface area (Å²) in [4.78, 5) is -0.404. The summed E-state index contributed by atoms with van der Waals surface area (Å²) in [5.74, 6) is 0.635. The maximum Gasteiger partial charge on any atom is 0.296 e. The van der Waals surface area contributed by atoms with Crippen LogP contribution in [0.15, 0.2) is 47.4 Å². The minimum Gasteiger partial charge on any atom is -0.457 e. The summed E-state index contributed by atoms with van der Waals surface area (Å²) in [6.07, 6.45) is -1.07. The Kier molecular flexibility index (Phi) is 6.03. The highest BCUT2D eigenvalue weighted by Crippen LogP contribution is 2.30. The van der Waals surface area contributed by atoms with Crippen LogP contribution in [0.1, 0.15) is 0 Å². The molecule has 0 radical (unpaired) electrons. The van der Waals surface area contributed by atoms with Gasteiger partial charge >= 0.3 is 0 Å². The number of aliphatic hydroxyl groups excluding tert-OH is 2. The standard InChI is InChI=1S/C15H16ClNO6S/c16-10-1-3-12(4-2-10)23-13-5-6-14(17-8-11(19)9-18)15(7-13)24(20,21)22/h1-7,11,17-19H,8-9H2,(H,20,21,22). The molecule has 0 aliphatic heterocycles. The van der Waals surface area contributed by atoms with Crippen molar-refractivity contribution >= 4 is 27.4 Å². The Labute approximate surface area is 144 Å². The van der Waals surface area contributed by atoms with E-state index in [1.807, 2.05) is 0 Å². The normalized spacial score (nSPS) is 12.7. The van der Waals surface area contributed by atoms with Gasteiger partial charge in [-0.3, -0.25) is 4.55 Å². The van der Waals surface area contributed by atoms with E-state index in [-0.39, 0.29) is 18.0 Å². The molecule has 7 nitrogen and oxygen atoms in total. The van der Waals surface area contributed by atoms with Gasteiger partial charge in [-0.05, 0) is 36.4 Å². The molecule has 2 rings (SSSR count). The molecule has 0 aliphatic carbocycles. The third kappa shape index (κ3) is 5.08. The molecule has 2 aromatic carbocycles. The van der Waals surface area contributed by atoms with E-state index < -0.39 is 27.7 Å². The Morgan fingerprint density at radius 3 is 2.33 bits per heavy atom. The van der Waals surface area contributed by atoms with Crippen LogP contribution in [0.5, 0.6) is 11.5 Å². The zero-order chi connectivity index (χ0) is 17.7. The Hall–Kier alpha value is -1.84. The van der Waals surface area contributed by atoms with E-state index >= 15 is 0 Å². The minimum absolute atomic E-state index is 0.0773. The molecule has 130 valence electrons. The highest BCUT2D eigenvalue weighted by Gasteiger charge is 2.18. The number of nitrogens with one attached hydrogen (secondary N) is 1. The van der Waals surface area contributed by atoms with E-state index in [0.29, 0.717) is 10.8 Å². The van der Waals surface area contributed by atoms with E-state index in [1.165, 1.54) is 12.1 Å². The number of anilines is 1. The average molecular weight is 374 g/mol. The highest BCUT2D eigenvalue weighted by atomic mass is 35.5. The number of halogens is 1. The largest absolute Gasteiger partial charge is 0.457 e. The second kappa shape index (κ2) is 7.82. The third-order valence-corrected chi connectivity index (χ3v) is 4.16. The van der Waals surface area contributed by atoms with Gasteiger partial charge in [0.1, 0.15) is 16.4 Å². The van der Waals surface area contributed by atoms with Crippen LogP contribution < -0.4 is 10.1 Å². The molecule has 1 unspecified atom stereocenters. The second-order valence-corrected chi connectivity index (χ2v) is 6.73. The zero-order valence-corrected chi connectivity index (χ0v) is 14.0. The lowest BCUT2D eigenvalue weighted by molar-refractivity contribution is 0.105. The van der Waals surface area contributed by atoms with Gasteiger partial charge in [0.15, 0.2) is 0 Å². The smallest absolute Gasteiger partial charge is 0.296 e. The third-order valence-electron chi connectivity index (χ3n) is 3.02. The number of rotatable bonds is 7. The maximum absolute atomic E-state index is 11.5. The molecule has 4 N–H and O–H groups in total. The van der Waals surface area contributed by atoms with Crippen LogP contribution in [-0.4, -0.2) is 42.4 Å². The molecule has 9 heteroatoms. The van der Waals surface area contributed by atoms with Gasteiger partial charge in [-0.1, -0.05) is 11.6 Å². The number of aliphatic hydroxyl groups is 2. The number of benzene rings is 2. The van der Waals surface area contributed by atoms with E-state index in [2.05, 4.69) is 5.32 Å². The van der Waals surface area contributed by atoms with Crippen molar-refractivity contribution in [1.29, 1.82) is 0 Å². The van der Waals surface area contributed by atoms with Crippen LogP contribution in [0.4, 0.5) is 5.69 Å². The lowest BCUT2D eigenvalue weighted by Crippen LogP contribution is -2.23. The molecular weight excluding hydrogens is 358 g/mol. The molecule has 0 saturated carbocycles. The zero-order valence-electron chi connectivity index (χ0n) is 12.4. The van der Waals surface area contributed by atoms with Gasteiger partial charge < -0.3 is 20.3 Å². The first-order chi connectivity index (χ1) is 11.3. The second-order valence-electron chi connectivity index (χ2n) is 4.91. The number of hydrogen-bond acceptors (Lipinski definition) is 6. The molecule has 0 aromatic heterocycles. The van der Waals surface area contributed by atoms with Crippen molar-refractivity contribution in [2.45, 2.75) is 11.0 Å². The Morgan fingerprint density at radius 2 is 1.75 bits per heavy atom. The van der Waals surface area contributed by atoms with Crippen molar-refractivity contribution < 1.29 is 27.9 Å². The summed E-state index contributed by atoms with van der Waals surface area (Å²) < 4.78 is 38.0. The van der Waals surface area contributed by atoms with Gasteiger partial charge in [-0.15, -0.1) is 0 Å². The lowest BCUT2D eigenvalue weighted by atomic mass is 10.2. The maximum atomic E-state index is 11.5. The highest BCUT2D eigenvalue weighted by molar-refractivity contribution is 7.86. The molecule has 0 fully saturated rings. The van der Waals surface area contributed by atoms with Gasteiger partial charge in [0.25, 0.3) is 10.1 Å². The van der Waals surface area contributed by atoms with Crippen molar-refractivity contribution in [2.24, 2.45) is 0 Å². The van der Waals surface area contributed by atoms with E-state index in [9.17, 15) is 18.1 Å². The summed E-state index contributed by atoms with van der Waals surface area (Å²) in [6, 6.07) is 10.5. The molecule has 0 saturated heterocycles. The molecule has 24 heavy (non-hydrogen) atoms. The molecule has 0 aliphatic rings. The van der Waals surface area contributed by atoms with Gasteiger partial charge in [0.05, 0.1) is 18.4 Å². The first-order valence-corrected chi connectivity index (χ1v) is 8.69. The minimum atomic E-state index is -4.52. The molecule has 0 amide bonds. The Balaban J connectivity index is 2.27. The fourth-order valence-electron chi connectivity index (χ4n) is 1.86. The Bertz CT molecular complexity index is 794. The topological polar surface area (TPSA) is 116 Å². The molecule has 0 spiro atoms. The number of hydrogen-bond donors (Lipinski definition) is 4. The SMILES string of the molecule is O=S(=O)(O)c1cc(Oc2ccc(Cl)cc2)ccc1NCC(O)CO. The summed E-state index contributed by atoms with van der Waals surface area (Å²) in [5.41, 5.74) is 0.0773. The van der Waals surface area contributed by atoms with Gasteiger partial charge in [-0.25, -0.2) is 0 Å². The van der Waals surface area contributed by atoms with Crippen LogP contribution in [0, 0.1) is 0 Å². The van der Waals surface area contributed by atoms with Crippen molar-refractivity contribution in [1.82, 2.24) is 0 Å². The van der Waals surface area contributed by atoms with Crippen LogP contribution in [-0.2, 0) is 10.1 Å². The predicted molar refractivity (Wildman–Crippen MR) is 89.4 cm³/mol. The van der Waals surface area contributed by atoms with E-state index in [4.69, 9.17) is 21.4 Å². The van der Waals surface area contributed by atoms with Crippen LogP contribution in [0.25, 0.3) is 0 Å². The monoisotopic (exact) mass is 373 g/mol. The van der Waals surface area contributed by atoms with Crippen LogP contribution in [0.3, 0.4) is 0 Å². The quantitative estimate of drug-likeness (QED) is 0.549. The summed E-state index contributed by atoms with van der Waals surface area (Å²) >= 11 is 5.78. The summed E-state index contributed by atoms with van der Waals surface area (Å²) in [7, 11) is -4.52. The fourth-order valence-corrected chi connectivity index (χ4v) is 2.67. The van der Waals surface area contributed by atoms with Crippen LogP contribution in [0.2, 0.25) is 5.02 Å². The van der Waals surface area contributed by atoms with Crippen molar-refractivity contribution in [2.75, 3.05) is 18.5 Å². The summed E-state index contributed by atoms with van der Waals surface area (Å²) in [5, 5.41) is 21.3. The van der Waals surface area contributed by atoms with Gasteiger partial charge in [0.2, 0.25) is 0 Å². The molecule has 1 atom stereocenters. The van der Waals surface area contributed by atoms with Crippen molar-refractivity contribution in [3.8, 4) is 11.5 Å². The van der Waals surface area contributed by atoms with Crippen molar-refractivity contribution in [3.63, 3.8) is 0 Å². The fraction of sp³-hybridized carbons (Fsp3) is 0.200. The van der Waals surface area contributed by atoms with E-state index in [0.717, 1.165) is 6.07 Å². The predicted octanol–water partition coefficient (Wildman–Crippen LogP) is 2.14. The average Bonchev–Trinajstić information content (AvgIpc) is 2.54. The molecule has 0 bridgehead atoms. The Morgan fingerprint density at radius 1 is 1.12 bits per heavy atom. The molecular formula is C15H16ClNO6S. The van der Waals surface area contributed by atoms with E-state index in [1.54, 1.807) is 24.3 Å². The first kappa shape index (κ1) is 18.5. The molecule has 0 heterocycles. The van der Waals surface area contributed by atoms with Gasteiger partial charge in [0, 0.05) is 17.6 Å². The summed E-state index contributed by atoms with van der Waals surface area (Å²) in [6.45, 7) is -0.567. The van der Waals surface area contributed by atoms with Crippen LogP contribution >= 0.6 is 11.6 Å².